The van der Waals surface area contributed by atoms with Crippen LogP contribution in [0.3, 0.4) is 0 Å². The lowest BCUT2D eigenvalue weighted by atomic mass is 9.98. The third-order valence-corrected chi connectivity index (χ3v) is 5.24. The van der Waals surface area contributed by atoms with Crippen molar-refractivity contribution in [1.82, 2.24) is 0 Å². The van der Waals surface area contributed by atoms with E-state index in [2.05, 4.69) is 5.32 Å². The highest BCUT2D eigenvalue weighted by atomic mass is 32.2. The standard InChI is InChI=1S/C13H16N2O5S/c16-13(9-10-5-7-21(19,20)8-6-10)14-11-3-1-2-4-12(11)15(17)18/h1-4,10H,5-9H2,(H,14,16). The smallest absolute Gasteiger partial charge is 0.292 e. The zero-order valence-electron chi connectivity index (χ0n) is 11.3. The normalized spacial score (nSPS) is 18.1. The number of hydrogen-bond donors (Lipinski definition) is 1. The molecular weight excluding hydrogens is 296 g/mol. The Bertz CT molecular complexity index is 642. The van der Waals surface area contributed by atoms with Crippen LogP contribution in [0.4, 0.5) is 11.4 Å². The van der Waals surface area contributed by atoms with Crippen LogP contribution in [0.1, 0.15) is 19.3 Å². The fourth-order valence-corrected chi connectivity index (χ4v) is 3.93. The lowest BCUT2D eigenvalue weighted by molar-refractivity contribution is -0.383. The van der Waals surface area contributed by atoms with Gasteiger partial charge in [0.25, 0.3) is 5.69 Å². The van der Waals surface area contributed by atoms with Gasteiger partial charge in [0.05, 0.1) is 16.4 Å². The van der Waals surface area contributed by atoms with Gasteiger partial charge < -0.3 is 5.32 Å². The van der Waals surface area contributed by atoms with Gasteiger partial charge in [0.15, 0.2) is 0 Å². The number of carbonyl (C=O) groups is 1. The predicted octanol–water partition coefficient (Wildman–Crippen LogP) is 1.75. The Balaban J connectivity index is 1.95. The highest BCUT2D eigenvalue weighted by Gasteiger charge is 2.25. The molecule has 1 aromatic carbocycles. The molecule has 1 aliphatic rings. The maximum Gasteiger partial charge on any atom is 0.292 e. The minimum Gasteiger partial charge on any atom is -0.320 e. The average molecular weight is 312 g/mol. The van der Waals surface area contributed by atoms with E-state index >= 15 is 0 Å². The van der Waals surface area contributed by atoms with Crippen LogP contribution in [0.2, 0.25) is 0 Å². The van der Waals surface area contributed by atoms with E-state index in [4.69, 9.17) is 0 Å². The van der Waals surface area contributed by atoms with Crippen LogP contribution in [-0.4, -0.2) is 30.8 Å². The van der Waals surface area contributed by atoms with Gasteiger partial charge in [0, 0.05) is 12.5 Å². The topological polar surface area (TPSA) is 106 Å². The molecule has 0 saturated carbocycles. The highest BCUT2D eigenvalue weighted by molar-refractivity contribution is 7.91. The number of rotatable bonds is 4. The van der Waals surface area contributed by atoms with Gasteiger partial charge in [-0.1, -0.05) is 12.1 Å². The molecular formula is C13H16N2O5S. The number of nitro groups is 1. The molecule has 1 amide bonds. The van der Waals surface area contributed by atoms with Crippen LogP contribution in [0, 0.1) is 16.0 Å². The Kier molecular flexibility index (Phi) is 4.56. The second-order valence-corrected chi connectivity index (χ2v) is 7.43. The van der Waals surface area contributed by atoms with Crippen LogP contribution in [-0.2, 0) is 14.6 Å². The third-order valence-electron chi connectivity index (χ3n) is 3.52. The van der Waals surface area contributed by atoms with Crippen LogP contribution in [0.5, 0.6) is 0 Å². The van der Waals surface area contributed by atoms with E-state index in [-0.39, 0.29) is 41.1 Å². The Morgan fingerprint density at radius 2 is 1.90 bits per heavy atom. The number of benzene rings is 1. The van der Waals surface area contributed by atoms with Gasteiger partial charge in [0.2, 0.25) is 5.91 Å². The molecule has 1 aromatic rings. The maximum atomic E-state index is 11.9. The molecule has 114 valence electrons. The van der Waals surface area contributed by atoms with Crippen molar-refractivity contribution in [2.24, 2.45) is 5.92 Å². The largest absolute Gasteiger partial charge is 0.320 e. The summed E-state index contributed by atoms with van der Waals surface area (Å²) in [7, 11) is -2.95. The third kappa shape index (κ3) is 4.25. The van der Waals surface area contributed by atoms with Gasteiger partial charge in [-0.3, -0.25) is 14.9 Å². The van der Waals surface area contributed by atoms with Gasteiger partial charge in [0.1, 0.15) is 15.5 Å². The summed E-state index contributed by atoms with van der Waals surface area (Å²) in [6, 6.07) is 5.93. The molecule has 1 fully saturated rings. The molecule has 2 rings (SSSR count). The predicted molar refractivity (Wildman–Crippen MR) is 77.7 cm³/mol. The molecule has 0 aliphatic carbocycles. The van der Waals surface area contributed by atoms with Crippen molar-refractivity contribution in [3.63, 3.8) is 0 Å². The summed E-state index contributed by atoms with van der Waals surface area (Å²) in [6.45, 7) is 0. The molecule has 0 bridgehead atoms. The van der Waals surface area contributed by atoms with E-state index in [1.54, 1.807) is 6.07 Å². The van der Waals surface area contributed by atoms with E-state index in [9.17, 15) is 23.3 Å². The second kappa shape index (κ2) is 6.21. The number of nitrogens with one attached hydrogen (secondary N) is 1. The van der Waals surface area contributed by atoms with E-state index in [0.29, 0.717) is 12.8 Å². The molecule has 1 saturated heterocycles. The fourth-order valence-electron chi connectivity index (χ4n) is 2.34. The van der Waals surface area contributed by atoms with Crippen molar-refractivity contribution in [2.75, 3.05) is 16.8 Å². The zero-order chi connectivity index (χ0) is 15.5. The summed E-state index contributed by atoms with van der Waals surface area (Å²) in [6.07, 6.45) is 1.11. The Morgan fingerprint density at radius 1 is 1.29 bits per heavy atom. The number of hydrogen-bond acceptors (Lipinski definition) is 5. The van der Waals surface area contributed by atoms with Gasteiger partial charge in [-0.25, -0.2) is 8.42 Å². The fraction of sp³-hybridized carbons (Fsp3) is 0.462. The first kappa shape index (κ1) is 15.4. The Morgan fingerprint density at radius 3 is 2.52 bits per heavy atom. The molecule has 0 radical (unpaired) electrons. The lowest BCUT2D eigenvalue weighted by Crippen LogP contribution is -2.26. The van der Waals surface area contributed by atoms with Crippen molar-refractivity contribution in [1.29, 1.82) is 0 Å². The summed E-state index contributed by atoms with van der Waals surface area (Å²) < 4.78 is 22.6. The molecule has 1 heterocycles. The molecule has 8 heteroatoms. The number of nitro benzene ring substituents is 1. The molecule has 7 nitrogen and oxygen atoms in total. The summed E-state index contributed by atoms with van der Waals surface area (Å²) in [5, 5.41) is 13.4. The first-order valence-electron chi connectivity index (χ1n) is 6.61. The summed E-state index contributed by atoms with van der Waals surface area (Å²) >= 11 is 0. The van der Waals surface area contributed by atoms with Crippen molar-refractivity contribution < 1.29 is 18.1 Å². The summed E-state index contributed by atoms with van der Waals surface area (Å²) in [5.41, 5.74) is 0.00741. The zero-order valence-corrected chi connectivity index (χ0v) is 12.1. The average Bonchev–Trinajstić information content (AvgIpc) is 2.41. The summed E-state index contributed by atoms with van der Waals surface area (Å²) in [4.78, 5) is 22.2. The van der Waals surface area contributed by atoms with Crippen molar-refractivity contribution in [3.05, 3.63) is 34.4 Å². The number of sulfone groups is 1. The molecule has 0 atom stereocenters. The number of para-hydroxylation sites is 2. The lowest BCUT2D eigenvalue weighted by Gasteiger charge is -2.21. The second-order valence-electron chi connectivity index (χ2n) is 5.12. The minimum absolute atomic E-state index is 0.0105. The van der Waals surface area contributed by atoms with Crippen molar-refractivity contribution in [2.45, 2.75) is 19.3 Å². The molecule has 0 unspecified atom stereocenters. The monoisotopic (exact) mass is 312 g/mol. The molecule has 21 heavy (non-hydrogen) atoms. The van der Waals surface area contributed by atoms with Crippen molar-refractivity contribution in [3.8, 4) is 0 Å². The van der Waals surface area contributed by atoms with Gasteiger partial charge in [-0.05, 0) is 24.8 Å². The number of nitrogens with zero attached hydrogens (tertiary/aromatic N) is 1. The number of carbonyl (C=O) groups excluding carboxylic acids is 1. The van der Waals surface area contributed by atoms with Crippen LogP contribution in [0.25, 0.3) is 0 Å². The highest BCUT2D eigenvalue weighted by Crippen LogP contribution is 2.26. The molecule has 1 aliphatic heterocycles. The minimum atomic E-state index is -2.95. The number of amides is 1. The van der Waals surface area contributed by atoms with Crippen molar-refractivity contribution >= 4 is 27.1 Å². The first-order chi connectivity index (χ1) is 9.87. The molecule has 1 N–H and O–H groups in total. The summed E-state index contributed by atoms with van der Waals surface area (Å²) in [5.74, 6) is -0.0998. The molecule has 0 spiro atoms. The van der Waals surface area contributed by atoms with Crippen LogP contribution in [0.15, 0.2) is 24.3 Å². The van der Waals surface area contributed by atoms with E-state index in [0.717, 1.165) is 0 Å². The van der Waals surface area contributed by atoms with E-state index < -0.39 is 14.8 Å². The van der Waals surface area contributed by atoms with Gasteiger partial charge >= 0.3 is 0 Å². The van der Waals surface area contributed by atoms with E-state index in [1.165, 1.54) is 18.2 Å². The van der Waals surface area contributed by atoms with Crippen LogP contribution >= 0.6 is 0 Å². The maximum absolute atomic E-state index is 11.9. The molecule has 0 aromatic heterocycles. The quantitative estimate of drug-likeness (QED) is 0.673. The number of anilines is 1. The Hall–Kier alpha value is -1.96. The van der Waals surface area contributed by atoms with Crippen LogP contribution < -0.4 is 5.32 Å². The SMILES string of the molecule is O=C(CC1CCS(=O)(=O)CC1)Nc1ccccc1[N+](=O)[O-]. The first-order valence-corrected chi connectivity index (χ1v) is 8.43. The van der Waals surface area contributed by atoms with Gasteiger partial charge in [-0.15, -0.1) is 0 Å². The Labute approximate surface area is 122 Å². The van der Waals surface area contributed by atoms with E-state index in [1.807, 2.05) is 0 Å². The van der Waals surface area contributed by atoms with Gasteiger partial charge in [-0.2, -0.15) is 0 Å².